The molecule has 0 spiro atoms. The van der Waals surface area contributed by atoms with E-state index in [1.54, 1.807) is 0 Å². The highest BCUT2D eigenvalue weighted by atomic mass is 16.4. The van der Waals surface area contributed by atoms with E-state index in [0.717, 1.165) is 38.3 Å². The highest BCUT2D eigenvalue weighted by Crippen LogP contribution is 2.24. The lowest BCUT2D eigenvalue weighted by molar-refractivity contribution is -0.144. The minimum Gasteiger partial charge on any atom is -0.481 e. The maximum atomic E-state index is 11.0. The summed E-state index contributed by atoms with van der Waals surface area (Å²) in [6.07, 6.45) is 5.30. The average molecular weight is 251 g/mol. The van der Waals surface area contributed by atoms with E-state index in [0.29, 0.717) is 6.04 Å². The van der Waals surface area contributed by atoms with E-state index in [-0.39, 0.29) is 5.92 Å². The van der Waals surface area contributed by atoms with Crippen LogP contribution in [0.5, 0.6) is 0 Å². The maximum Gasteiger partial charge on any atom is 0.306 e. The number of hydrogen-bond acceptors (Lipinski definition) is 3. The van der Waals surface area contributed by atoms with E-state index in [4.69, 9.17) is 5.11 Å². The van der Waals surface area contributed by atoms with E-state index in [2.05, 4.69) is 28.3 Å². The number of carboxylic acids is 1. The van der Waals surface area contributed by atoms with Gasteiger partial charge in [-0.25, -0.2) is 4.98 Å². The molecule has 1 fully saturated rings. The number of piperidine rings is 1. The summed E-state index contributed by atoms with van der Waals surface area (Å²) in [6.45, 7) is 6.79. The van der Waals surface area contributed by atoms with Crippen LogP contribution in [0.1, 0.15) is 32.5 Å². The lowest BCUT2D eigenvalue weighted by Crippen LogP contribution is -2.42. The quantitative estimate of drug-likeness (QED) is 0.883. The Morgan fingerprint density at radius 2 is 2.39 bits per heavy atom. The standard InChI is InChI=1S/C13H21N3O2/c1-3-15-7-5-14-12(15)9-16-6-4-11(13(17)18)8-10(16)2/h5,7,10-11H,3-4,6,8-9H2,1-2H3,(H,17,18). The van der Waals surface area contributed by atoms with Crippen LogP contribution in [0, 0.1) is 5.92 Å². The summed E-state index contributed by atoms with van der Waals surface area (Å²) < 4.78 is 2.13. The van der Waals surface area contributed by atoms with Gasteiger partial charge >= 0.3 is 5.97 Å². The average Bonchev–Trinajstić information content (AvgIpc) is 2.78. The minimum atomic E-state index is -0.656. The highest BCUT2D eigenvalue weighted by molar-refractivity contribution is 5.70. The normalized spacial score (nSPS) is 25.2. The summed E-state index contributed by atoms with van der Waals surface area (Å²) in [6, 6.07) is 0.307. The number of aliphatic carboxylic acids is 1. The molecule has 2 atom stereocenters. The van der Waals surface area contributed by atoms with Gasteiger partial charge in [-0.05, 0) is 33.2 Å². The first-order valence-corrected chi connectivity index (χ1v) is 6.58. The predicted molar refractivity (Wildman–Crippen MR) is 68.1 cm³/mol. The largest absolute Gasteiger partial charge is 0.481 e. The first-order chi connectivity index (χ1) is 8.61. The molecule has 5 nitrogen and oxygen atoms in total. The van der Waals surface area contributed by atoms with Crippen LogP contribution < -0.4 is 0 Å². The van der Waals surface area contributed by atoms with Crippen molar-refractivity contribution < 1.29 is 9.90 Å². The zero-order valence-corrected chi connectivity index (χ0v) is 11.0. The molecule has 0 bridgehead atoms. The van der Waals surface area contributed by atoms with Gasteiger partial charge < -0.3 is 9.67 Å². The Morgan fingerprint density at radius 3 is 3.00 bits per heavy atom. The van der Waals surface area contributed by atoms with Crippen LogP contribution in [0.4, 0.5) is 0 Å². The molecule has 0 amide bonds. The number of imidazole rings is 1. The second-order valence-electron chi connectivity index (χ2n) is 5.01. The van der Waals surface area contributed by atoms with Gasteiger partial charge in [0.2, 0.25) is 0 Å². The van der Waals surface area contributed by atoms with E-state index >= 15 is 0 Å². The van der Waals surface area contributed by atoms with E-state index in [9.17, 15) is 4.79 Å². The molecule has 1 aliphatic rings. The molecule has 1 aliphatic heterocycles. The van der Waals surface area contributed by atoms with Crippen molar-refractivity contribution in [2.45, 2.75) is 45.8 Å². The number of rotatable bonds is 4. The van der Waals surface area contributed by atoms with Gasteiger partial charge in [0.15, 0.2) is 0 Å². The molecule has 0 aliphatic carbocycles. The van der Waals surface area contributed by atoms with Gasteiger partial charge in [0.05, 0.1) is 12.5 Å². The number of aryl methyl sites for hydroxylation is 1. The van der Waals surface area contributed by atoms with Gasteiger partial charge in [-0.2, -0.15) is 0 Å². The zero-order chi connectivity index (χ0) is 13.1. The Kier molecular flexibility index (Phi) is 4.01. The summed E-state index contributed by atoms with van der Waals surface area (Å²) in [5, 5.41) is 9.05. The van der Waals surface area contributed by atoms with E-state index < -0.39 is 5.97 Å². The third kappa shape index (κ3) is 2.72. The van der Waals surface area contributed by atoms with Crippen LogP contribution >= 0.6 is 0 Å². The second-order valence-corrected chi connectivity index (χ2v) is 5.01. The molecule has 1 N–H and O–H groups in total. The van der Waals surface area contributed by atoms with Crippen molar-refractivity contribution in [3.63, 3.8) is 0 Å². The molecular formula is C13H21N3O2. The molecule has 5 heteroatoms. The molecule has 100 valence electrons. The molecular weight excluding hydrogens is 230 g/mol. The summed E-state index contributed by atoms with van der Waals surface area (Å²) in [4.78, 5) is 17.7. The van der Waals surface area contributed by atoms with Gasteiger partial charge in [-0.1, -0.05) is 0 Å². The lowest BCUT2D eigenvalue weighted by atomic mass is 9.92. The van der Waals surface area contributed by atoms with Crippen LogP contribution in [0.2, 0.25) is 0 Å². The minimum absolute atomic E-state index is 0.179. The number of carboxylic acid groups (broad SMARTS) is 1. The Labute approximate surface area is 107 Å². The second kappa shape index (κ2) is 5.52. The highest BCUT2D eigenvalue weighted by Gasteiger charge is 2.30. The van der Waals surface area contributed by atoms with Gasteiger partial charge in [-0.3, -0.25) is 9.69 Å². The molecule has 0 saturated carbocycles. The number of aromatic nitrogens is 2. The van der Waals surface area contributed by atoms with E-state index in [1.165, 1.54) is 0 Å². The number of likely N-dealkylation sites (tertiary alicyclic amines) is 1. The SMILES string of the molecule is CCn1ccnc1CN1CCC(C(=O)O)CC1C. The molecule has 1 saturated heterocycles. The van der Waals surface area contributed by atoms with Crippen molar-refractivity contribution >= 4 is 5.97 Å². The third-order valence-corrected chi connectivity index (χ3v) is 3.85. The van der Waals surface area contributed by atoms with Crippen molar-refractivity contribution in [1.29, 1.82) is 0 Å². The lowest BCUT2D eigenvalue weighted by Gasteiger charge is -2.35. The molecule has 0 radical (unpaired) electrons. The van der Waals surface area contributed by atoms with Gasteiger partial charge in [0.25, 0.3) is 0 Å². The van der Waals surface area contributed by atoms with Crippen LogP contribution in [-0.4, -0.2) is 38.1 Å². The monoisotopic (exact) mass is 251 g/mol. The topological polar surface area (TPSA) is 58.4 Å². The van der Waals surface area contributed by atoms with Crippen molar-refractivity contribution in [2.75, 3.05) is 6.54 Å². The van der Waals surface area contributed by atoms with Crippen LogP contribution in [0.25, 0.3) is 0 Å². The molecule has 2 unspecified atom stereocenters. The Hall–Kier alpha value is -1.36. The first-order valence-electron chi connectivity index (χ1n) is 6.58. The maximum absolute atomic E-state index is 11.0. The summed E-state index contributed by atoms with van der Waals surface area (Å²) >= 11 is 0. The molecule has 2 rings (SSSR count). The molecule has 0 aromatic carbocycles. The fraction of sp³-hybridized carbons (Fsp3) is 0.692. The fourth-order valence-corrected chi connectivity index (χ4v) is 2.64. The molecule has 18 heavy (non-hydrogen) atoms. The number of hydrogen-bond donors (Lipinski definition) is 1. The summed E-state index contributed by atoms with van der Waals surface area (Å²) in [5.41, 5.74) is 0. The Bertz CT molecular complexity index is 416. The van der Waals surface area contributed by atoms with Crippen molar-refractivity contribution in [2.24, 2.45) is 5.92 Å². The summed E-state index contributed by atoms with van der Waals surface area (Å²) in [5.74, 6) is 0.233. The van der Waals surface area contributed by atoms with Gasteiger partial charge in [-0.15, -0.1) is 0 Å². The molecule has 1 aromatic heterocycles. The van der Waals surface area contributed by atoms with Crippen molar-refractivity contribution in [3.05, 3.63) is 18.2 Å². The predicted octanol–water partition coefficient (Wildman–Crippen LogP) is 1.59. The third-order valence-electron chi connectivity index (χ3n) is 3.85. The Morgan fingerprint density at radius 1 is 1.61 bits per heavy atom. The molecule has 2 heterocycles. The fourth-order valence-electron chi connectivity index (χ4n) is 2.64. The van der Waals surface area contributed by atoms with Crippen LogP contribution in [-0.2, 0) is 17.9 Å². The van der Waals surface area contributed by atoms with Crippen LogP contribution in [0.15, 0.2) is 12.4 Å². The van der Waals surface area contributed by atoms with Crippen LogP contribution in [0.3, 0.4) is 0 Å². The first kappa shape index (κ1) is 13.1. The van der Waals surface area contributed by atoms with E-state index in [1.807, 2.05) is 12.4 Å². The van der Waals surface area contributed by atoms with Gasteiger partial charge in [0.1, 0.15) is 5.82 Å². The number of carbonyl (C=O) groups is 1. The zero-order valence-electron chi connectivity index (χ0n) is 11.0. The molecule has 1 aromatic rings. The van der Waals surface area contributed by atoms with Crippen molar-refractivity contribution in [3.8, 4) is 0 Å². The van der Waals surface area contributed by atoms with Crippen molar-refractivity contribution in [1.82, 2.24) is 14.5 Å². The summed E-state index contributed by atoms with van der Waals surface area (Å²) in [7, 11) is 0. The number of nitrogens with zero attached hydrogens (tertiary/aromatic N) is 3. The Balaban J connectivity index is 1.97. The smallest absolute Gasteiger partial charge is 0.306 e. The van der Waals surface area contributed by atoms with Gasteiger partial charge in [0, 0.05) is 25.0 Å².